The molecule has 0 aliphatic carbocycles. The summed E-state index contributed by atoms with van der Waals surface area (Å²) in [6.45, 7) is 11.8. The Hall–Kier alpha value is -1.94. The first-order valence-electron chi connectivity index (χ1n) is 35.4. The molecular weight excluding hydrogens is 1150 g/mol. The van der Waals surface area contributed by atoms with E-state index in [0.29, 0.717) is 25.7 Å². The molecule has 0 aliphatic rings. The van der Waals surface area contributed by atoms with Crippen LogP contribution >= 0.6 is 15.6 Å². The molecule has 87 heavy (non-hydrogen) atoms. The van der Waals surface area contributed by atoms with Crippen molar-refractivity contribution in [3.05, 3.63) is 0 Å². The van der Waals surface area contributed by atoms with Crippen LogP contribution in [0.4, 0.5) is 0 Å². The third-order valence-electron chi connectivity index (χ3n) is 16.4. The van der Waals surface area contributed by atoms with Gasteiger partial charge in [0.25, 0.3) is 0 Å². The summed E-state index contributed by atoms with van der Waals surface area (Å²) in [6.07, 6.45) is 41.6. The van der Waals surface area contributed by atoms with Gasteiger partial charge in [-0.15, -0.1) is 0 Å². The second kappa shape index (κ2) is 59.1. The molecule has 0 saturated heterocycles. The van der Waals surface area contributed by atoms with E-state index in [-0.39, 0.29) is 25.7 Å². The minimum atomic E-state index is -4.95. The van der Waals surface area contributed by atoms with Gasteiger partial charge in [0.2, 0.25) is 0 Å². The van der Waals surface area contributed by atoms with Crippen molar-refractivity contribution < 1.29 is 80.2 Å². The standard InChI is InChI=1S/C68H132O17P2/c1-8-11-12-13-25-35-42-49-65(70)78-55-63(85-68(73)52-45-38-31-24-23-28-34-41-48-61(7)10-3)57-82-86(74,75)80-53-62(69)54-81-87(76,77)83-58-64(84-67(72)51-44-37-30-22-16-14-15-19-26-32-39-46-59(4)5)56-79-66(71)50-43-36-29-21-18-17-20-27-33-40-47-60(6)9-2/h59-64,69H,8-58H2,1-7H3,(H,74,75)(H,76,77)/t60?,61?,62-,63+,64+/m0/s1. The molecule has 7 atom stereocenters. The van der Waals surface area contributed by atoms with E-state index in [0.717, 1.165) is 120 Å². The molecule has 19 heteroatoms. The second-order valence-corrected chi connectivity index (χ2v) is 28.4. The number of carbonyl (C=O) groups is 4. The highest BCUT2D eigenvalue weighted by Gasteiger charge is 2.30. The van der Waals surface area contributed by atoms with E-state index in [1.807, 2.05) is 0 Å². The minimum absolute atomic E-state index is 0.104. The lowest BCUT2D eigenvalue weighted by Gasteiger charge is -2.21. The Bertz CT molecular complexity index is 1720. The fourth-order valence-electron chi connectivity index (χ4n) is 10.1. The molecule has 0 amide bonds. The van der Waals surface area contributed by atoms with E-state index in [1.54, 1.807) is 0 Å². The lowest BCUT2D eigenvalue weighted by molar-refractivity contribution is -0.161. The minimum Gasteiger partial charge on any atom is -0.462 e. The maximum absolute atomic E-state index is 13.0. The van der Waals surface area contributed by atoms with Crippen molar-refractivity contribution in [3.63, 3.8) is 0 Å². The molecule has 0 bridgehead atoms. The summed E-state index contributed by atoms with van der Waals surface area (Å²) >= 11 is 0. The number of rotatable bonds is 66. The van der Waals surface area contributed by atoms with E-state index < -0.39 is 97.5 Å². The lowest BCUT2D eigenvalue weighted by Crippen LogP contribution is -2.30. The number of hydrogen-bond donors (Lipinski definition) is 3. The van der Waals surface area contributed by atoms with Crippen molar-refractivity contribution in [3.8, 4) is 0 Å². The van der Waals surface area contributed by atoms with Gasteiger partial charge in [-0.1, -0.05) is 286 Å². The maximum Gasteiger partial charge on any atom is 0.472 e. The van der Waals surface area contributed by atoms with Gasteiger partial charge < -0.3 is 33.8 Å². The van der Waals surface area contributed by atoms with Gasteiger partial charge in [-0.3, -0.25) is 37.3 Å². The van der Waals surface area contributed by atoms with Crippen molar-refractivity contribution in [2.45, 2.75) is 356 Å². The summed E-state index contributed by atoms with van der Waals surface area (Å²) in [5.74, 6) is 0.211. The Morgan fingerprint density at radius 3 is 0.874 bits per heavy atom. The number of aliphatic hydroxyl groups excluding tert-OH is 1. The van der Waals surface area contributed by atoms with E-state index >= 15 is 0 Å². The van der Waals surface area contributed by atoms with Crippen LogP contribution in [0.2, 0.25) is 0 Å². The number of hydrogen-bond acceptors (Lipinski definition) is 15. The summed E-state index contributed by atoms with van der Waals surface area (Å²) in [6, 6.07) is 0. The summed E-state index contributed by atoms with van der Waals surface area (Å²) in [5.41, 5.74) is 0. The zero-order chi connectivity index (χ0) is 64.5. The van der Waals surface area contributed by atoms with Gasteiger partial charge in [0.15, 0.2) is 12.2 Å². The molecule has 0 spiro atoms. The van der Waals surface area contributed by atoms with E-state index in [2.05, 4.69) is 48.5 Å². The second-order valence-electron chi connectivity index (χ2n) is 25.5. The predicted molar refractivity (Wildman–Crippen MR) is 349 cm³/mol. The van der Waals surface area contributed by atoms with Crippen LogP contribution in [0.3, 0.4) is 0 Å². The number of phosphoric ester groups is 2. The van der Waals surface area contributed by atoms with Crippen molar-refractivity contribution in [1.82, 2.24) is 0 Å². The quantitative estimate of drug-likeness (QED) is 0.0222. The van der Waals surface area contributed by atoms with Crippen LogP contribution in [0.15, 0.2) is 0 Å². The summed E-state index contributed by atoms with van der Waals surface area (Å²) in [4.78, 5) is 72.3. The highest BCUT2D eigenvalue weighted by atomic mass is 31.2. The number of carbonyl (C=O) groups excluding carboxylic acids is 4. The highest BCUT2D eigenvalue weighted by molar-refractivity contribution is 7.47. The number of unbranched alkanes of at least 4 members (excludes halogenated alkanes) is 32. The zero-order valence-electron chi connectivity index (χ0n) is 56.5. The predicted octanol–water partition coefficient (Wildman–Crippen LogP) is 19.1. The molecular formula is C68H132O17P2. The number of phosphoric acid groups is 2. The highest BCUT2D eigenvalue weighted by Crippen LogP contribution is 2.45. The first-order valence-corrected chi connectivity index (χ1v) is 38.4. The zero-order valence-corrected chi connectivity index (χ0v) is 58.3. The Labute approximate surface area is 530 Å². The van der Waals surface area contributed by atoms with Gasteiger partial charge in [-0.25, -0.2) is 9.13 Å². The Morgan fingerprint density at radius 1 is 0.333 bits per heavy atom. The largest absolute Gasteiger partial charge is 0.472 e. The number of esters is 4. The summed E-state index contributed by atoms with van der Waals surface area (Å²) < 4.78 is 68.1. The Kier molecular flexibility index (Phi) is 57.8. The normalized spacial score (nSPS) is 14.9. The summed E-state index contributed by atoms with van der Waals surface area (Å²) in [5, 5.41) is 10.6. The molecule has 0 radical (unpaired) electrons. The van der Waals surface area contributed by atoms with Crippen LogP contribution < -0.4 is 0 Å². The molecule has 0 aromatic heterocycles. The summed E-state index contributed by atoms with van der Waals surface area (Å²) in [7, 11) is -9.89. The number of aliphatic hydroxyl groups is 1. The smallest absolute Gasteiger partial charge is 0.462 e. The van der Waals surface area contributed by atoms with Crippen LogP contribution in [0, 0.1) is 17.8 Å². The Morgan fingerprint density at radius 2 is 0.586 bits per heavy atom. The monoisotopic (exact) mass is 1280 g/mol. The first kappa shape index (κ1) is 85.1. The molecule has 0 aliphatic heterocycles. The van der Waals surface area contributed by atoms with E-state index in [1.165, 1.54) is 135 Å². The molecule has 4 unspecified atom stereocenters. The third-order valence-corrected chi connectivity index (χ3v) is 18.3. The first-order chi connectivity index (χ1) is 41.8. The molecule has 0 fully saturated rings. The van der Waals surface area contributed by atoms with Crippen molar-refractivity contribution >= 4 is 39.5 Å². The van der Waals surface area contributed by atoms with Crippen LogP contribution in [-0.4, -0.2) is 96.7 Å². The van der Waals surface area contributed by atoms with Crippen LogP contribution in [0.5, 0.6) is 0 Å². The Balaban J connectivity index is 5.23. The van der Waals surface area contributed by atoms with Crippen LogP contribution in [0.1, 0.15) is 337 Å². The molecule has 3 N–H and O–H groups in total. The van der Waals surface area contributed by atoms with E-state index in [4.69, 9.17) is 37.0 Å². The fraction of sp³-hybridized carbons (Fsp3) is 0.941. The molecule has 0 aromatic rings. The van der Waals surface area contributed by atoms with Crippen LogP contribution in [0.25, 0.3) is 0 Å². The molecule has 0 heterocycles. The lowest BCUT2D eigenvalue weighted by atomic mass is 9.99. The van der Waals surface area contributed by atoms with Crippen LogP contribution in [-0.2, 0) is 65.4 Å². The average Bonchev–Trinajstić information content (AvgIpc) is 3.68. The van der Waals surface area contributed by atoms with Crippen molar-refractivity contribution in [1.29, 1.82) is 0 Å². The molecule has 0 saturated carbocycles. The average molecular weight is 1280 g/mol. The topological polar surface area (TPSA) is 237 Å². The molecule has 0 aromatic carbocycles. The van der Waals surface area contributed by atoms with Gasteiger partial charge in [0.1, 0.15) is 19.3 Å². The van der Waals surface area contributed by atoms with Gasteiger partial charge in [0.05, 0.1) is 26.4 Å². The van der Waals surface area contributed by atoms with Gasteiger partial charge in [-0.05, 0) is 43.4 Å². The van der Waals surface area contributed by atoms with Crippen molar-refractivity contribution in [2.75, 3.05) is 39.6 Å². The SMILES string of the molecule is CCCCCCCCCC(=O)OC[C@H](COP(=O)(O)OC[C@H](O)COP(=O)(O)OC[C@@H](COC(=O)CCCCCCCCCCCCC(C)CC)OC(=O)CCCCCCCCCCCCCC(C)C)OC(=O)CCCCCCCCCCC(C)CC. The van der Waals surface area contributed by atoms with Gasteiger partial charge in [-0.2, -0.15) is 0 Å². The fourth-order valence-corrected chi connectivity index (χ4v) is 11.7. The maximum atomic E-state index is 13.0. The van der Waals surface area contributed by atoms with Gasteiger partial charge >= 0.3 is 39.5 Å². The molecule has 17 nitrogen and oxygen atoms in total. The van der Waals surface area contributed by atoms with Crippen molar-refractivity contribution in [2.24, 2.45) is 17.8 Å². The number of ether oxygens (including phenoxy) is 4. The van der Waals surface area contributed by atoms with E-state index in [9.17, 15) is 43.2 Å². The third kappa shape index (κ3) is 60.1. The molecule has 0 rings (SSSR count). The van der Waals surface area contributed by atoms with Gasteiger partial charge in [0, 0.05) is 25.7 Å². The molecule has 516 valence electrons.